The van der Waals surface area contributed by atoms with Crippen LogP contribution >= 0.6 is 0 Å². The van der Waals surface area contributed by atoms with Crippen molar-refractivity contribution in [1.82, 2.24) is 9.55 Å². The third kappa shape index (κ3) is 5.03. The second-order valence-corrected chi connectivity index (χ2v) is 7.13. The first-order valence-electron chi connectivity index (χ1n) is 10.1. The predicted octanol–water partition coefficient (Wildman–Crippen LogP) is 2.38. The summed E-state index contributed by atoms with van der Waals surface area (Å²) in [5.74, 6) is 0.0508. The minimum Gasteiger partial charge on any atom is -0.481 e. The van der Waals surface area contributed by atoms with Gasteiger partial charge in [0, 0.05) is 6.54 Å². The van der Waals surface area contributed by atoms with Crippen molar-refractivity contribution in [3.8, 4) is 5.75 Å². The largest absolute Gasteiger partial charge is 0.481 e. The molecule has 0 aliphatic rings. The fourth-order valence-corrected chi connectivity index (χ4v) is 3.29. The Labute approximate surface area is 179 Å². The number of carbonyl (C=O) groups excluding carboxylic acids is 1. The molecular weight excluding hydrogens is 396 g/mol. The van der Waals surface area contributed by atoms with Gasteiger partial charge < -0.3 is 15.4 Å². The summed E-state index contributed by atoms with van der Waals surface area (Å²) >= 11 is 0. The van der Waals surface area contributed by atoms with Crippen LogP contribution in [-0.2, 0) is 11.3 Å². The quantitative estimate of drug-likeness (QED) is 0.579. The lowest BCUT2D eigenvalue weighted by atomic mass is 10.2. The van der Waals surface area contributed by atoms with Crippen LogP contribution in [0.25, 0.3) is 0 Å². The van der Waals surface area contributed by atoms with E-state index in [0.29, 0.717) is 12.2 Å². The standard InChI is InChI=1S/C23H26N4O4/c1-3-14-26(22(29)16(2)31-18-12-8-5-9-13-18)19-20(24)27(23(30)25-21(19)28)15-17-10-6-4-7-11-17/h4-13,16H,3,14-15,24H2,1-2H3,(H,25,28,30). The maximum absolute atomic E-state index is 13.2. The Morgan fingerprint density at radius 3 is 2.32 bits per heavy atom. The maximum Gasteiger partial charge on any atom is 0.330 e. The molecule has 0 saturated carbocycles. The SMILES string of the molecule is CCCN(C(=O)C(C)Oc1ccccc1)c1c(N)n(Cc2ccccc2)c(=O)[nH]c1=O. The smallest absolute Gasteiger partial charge is 0.330 e. The summed E-state index contributed by atoms with van der Waals surface area (Å²) in [5.41, 5.74) is 5.71. The van der Waals surface area contributed by atoms with Crippen LogP contribution in [0.2, 0.25) is 0 Å². The number of nitrogens with two attached hydrogens (primary N) is 1. The summed E-state index contributed by atoms with van der Waals surface area (Å²) in [7, 11) is 0. The van der Waals surface area contributed by atoms with Gasteiger partial charge in [0.1, 0.15) is 11.6 Å². The van der Waals surface area contributed by atoms with Crippen molar-refractivity contribution in [1.29, 1.82) is 0 Å². The van der Waals surface area contributed by atoms with Gasteiger partial charge in [-0.3, -0.25) is 19.1 Å². The lowest BCUT2D eigenvalue weighted by Gasteiger charge is -2.27. The molecule has 162 valence electrons. The Morgan fingerprint density at radius 1 is 1.10 bits per heavy atom. The van der Waals surface area contributed by atoms with Crippen molar-refractivity contribution in [3.63, 3.8) is 0 Å². The number of benzene rings is 2. The number of H-pyrrole nitrogens is 1. The lowest BCUT2D eigenvalue weighted by Crippen LogP contribution is -2.46. The molecule has 0 aliphatic heterocycles. The molecule has 0 fully saturated rings. The summed E-state index contributed by atoms with van der Waals surface area (Å²) in [6.07, 6.45) is -0.275. The summed E-state index contributed by atoms with van der Waals surface area (Å²) < 4.78 is 7.00. The lowest BCUT2D eigenvalue weighted by molar-refractivity contribution is -0.124. The van der Waals surface area contributed by atoms with E-state index in [0.717, 1.165) is 5.56 Å². The van der Waals surface area contributed by atoms with Crippen LogP contribution in [0.5, 0.6) is 5.75 Å². The topological polar surface area (TPSA) is 110 Å². The first kappa shape index (κ1) is 21.9. The number of hydrogen-bond acceptors (Lipinski definition) is 5. The second kappa shape index (κ2) is 9.80. The first-order chi connectivity index (χ1) is 14.9. The van der Waals surface area contributed by atoms with Gasteiger partial charge in [0.2, 0.25) is 0 Å². The fourth-order valence-electron chi connectivity index (χ4n) is 3.29. The van der Waals surface area contributed by atoms with Gasteiger partial charge in [0.05, 0.1) is 6.54 Å². The summed E-state index contributed by atoms with van der Waals surface area (Å²) in [6, 6.07) is 18.2. The Hall–Kier alpha value is -3.81. The molecule has 0 aliphatic carbocycles. The van der Waals surface area contributed by atoms with E-state index in [2.05, 4.69) is 4.98 Å². The van der Waals surface area contributed by atoms with E-state index in [1.165, 1.54) is 9.47 Å². The van der Waals surface area contributed by atoms with E-state index in [4.69, 9.17) is 10.5 Å². The Balaban J connectivity index is 1.98. The van der Waals surface area contributed by atoms with Crippen LogP contribution in [0.3, 0.4) is 0 Å². The van der Waals surface area contributed by atoms with Crippen LogP contribution in [-0.4, -0.2) is 28.1 Å². The molecule has 0 bridgehead atoms. The molecule has 3 aromatic rings. The average molecular weight is 422 g/mol. The van der Waals surface area contributed by atoms with Gasteiger partial charge >= 0.3 is 5.69 Å². The zero-order valence-electron chi connectivity index (χ0n) is 17.6. The number of aromatic nitrogens is 2. The van der Waals surface area contributed by atoms with E-state index in [1.807, 2.05) is 43.3 Å². The summed E-state index contributed by atoms with van der Waals surface area (Å²) in [6.45, 7) is 3.91. The first-order valence-corrected chi connectivity index (χ1v) is 10.1. The van der Waals surface area contributed by atoms with Gasteiger partial charge in [-0.2, -0.15) is 0 Å². The van der Waals surface area contributed by atoms with E-state index in [1.54, 1.807) is 31.2 Å². The van der Waals surface area contributed by atoms with Gasteiger partial charge in [-0.15, -0.1) is 0 Å². The number of nitrogens with one attached hydrogen (secondary N) is 1. The molecule has 0 saturated heterocycles. The highest BCUT2D eigenvalue weighted by molar-refractivity contribution is 5.98. The number of carbonyl (C=O) groups is 1. The molecule has 1 heterocycles. The molecule has 3 N–H and O–H groups in total. The highest BCUT2D eigenvalue weighted by Gasteiger charge is 2.28. The third-order valence-corrected chi connectivity index (χ3v) is 4.78. The zero-order valence-corrected chi connectivity index (χ0v) is 17.6. The van der Waals surface area contributed by atoms with Crippen molar-refractivity contribution in [2.45, 2.75) is 32.9 Å². The molecule has 0 radical (unpaired) electrons. The molecule has 1 aromatic heterocycles. The molecule has 1 unspecified atom stereocenters. The normalized spacial score (nSPS) is 11.7. The van der Waals surface area contributed by atoms with Crippen molar-refractivity contribution < 1.29 is 9.53 Å². The average Bonchev–Trinajstić information content (AvgIpc) is 2.77. The van der Waals surface area contributed by atoms with Crippen LogP contribution in [0, 0.1) is 0 Å². The second-order valence-electron chi connectivity index (χ2n) is 7.13. The number of aromatic amines is 1. The number of nitrogen functional groups attached to an aromatic ring is 1. The van der Waals surface area contributed by atoms with Crippen molar-refractivity contribution in [2.24, 2.45) is 0 Å². The number of hydrogen-bond donors (Lipinski definition) is 2. The van der Waals surface area contributed by atoms with Crippen LogP contribution in [0.1, 0.15) is 25.8 Å². The van der Waals surface area contributed by atoms with Gasteiger partial charge in [-0.05, 0) is 31.0 Å². The van der Waals surface area contributed by atoms with Gasteiger partial charge in [0.25, 0.3) is 11.5 Å². The highest BCUT2D eigenvalue weighted by Crippen LogP contribution is 2.20. The van der Waals surface area contributed by atoms with Crippen LogP contribution in [0.4, 0.5) is 11.5 Å². The zero-order chi connectivity index (χ0) is 22.4. The number of nitrogens with zero attached hydrogens (tertiary/aromatic N) is 2. The summed E-state index contributed by atoms with van der Waals surface area (Å²) in [5, 5.41) is 0. The van der Waals surface area contributed by atoms with Crippen molar-refractivity contribution in [3.05, 3.63) is 87.1 Å². The molecule has 8 heteroatoms. The van der Waals surface area contributed by atoms with E-state index in [-0.39, 0.29) is 24.6 Å². The number of para-hydroxylation sites is 1. The molecule has 1 atom stereocenters. The predicted molar refractivity (Wildman–Crippen MR) is 120 cm³/mol. The Kier molecular flexibility index (Phi) is 6.92. The number of ether oxygens (including phenoxy) is 1. The monoisotopic (exact) mass is 422 g/mol. The van der Waals surface area contributed by atoms with E-state index >= 15 is 0 Å². The number of anilines is 2. The molecular formula is C23H26N4O4. The Bertz CT molecular complexity index is 1140. The van der Waals surface area contributed by atoms with Gasteiger partial charge in [-0.25, -0.2) is 4.79 Å². The van der Waals surface area contributed by atoms with E-state index < -0.39 is 23.3 Å². The van der Waals surface area contributed by atoms with Gasteiger partial charge in [-0.1, -0.05) is 55.5 Å². The minimum atomic E-state index is -0.859. The van der Waals surface area contributed by atoms with Crippen LogP contribution in [0.15, 0.2) is 70.3 Å². The molecule has 0 spiro atoms. The van der Waals surface area contributed by atoms with Crippen LogP contribution < -0.4 is 26.6 Å². The summed E-state index contributed by atoms with van der Waals surface area (Å²) in [4.78, 5) is 41.9. The molecule has 1 amide bonds. The molecule has 3 rings (SSSR count). The highest BCUT2D eigenvalue weighted by atomic mass is 16.5. The van der Waals surface area contributed by atoms with Crippen molar-refractivity contribution >= 4 is 17.4 Å². The molecule has 31 heavy (non-hydrogen) atoms. The fraction of sp³-hybridized carbons (Fsp3) is 0.261. The molecule has 8 nitrogen and oxygen atoms in total. The number of amides is 1. The maximum atomic E-state index is 13.2. The third-order valence-electron chi connectivity index (χ3n) is 4.78. The van der Waals surface area contributed by atoms with Crippen molar-refractivity contribution in [2.75, 3.05) is 17.2 Å². The minimum absolute atomic E-state index is 0.0501. The number of rotatable bonds is 8. The van der Waals surface area contributed by atoms with E-state index in [9.17, 15) is 14.4 Å². The molecule has 2 aromatic carbocycles. The Morgan fingerprint density at radius 2 is 1.71 bits per heavy atom. The van der Waals surface area contributed by atoms with Gasteiger partial charge in [0.15, 0.2) is 11.8 Å².